The van der Waals surface area contributed by atoms with Gasteiger partial charge in [-0.05, 0) is 7.05 Å². The second kappa shape index (κ2) is 6.13. The van der Waals surface area contributed by atoms with Crippen molar-refractivity contribution in [3.8, 4) is 0 Å². The van der Waals surface area contributed by atoms with Crippen molar-refractivity contribution in [1.82, 2.24) is 10.6 Å². The summed E-state index contributed by atoms with van der Waals surface area (Å²) in [7, 11) is 2.86. The van der Waals surface area contributed by atoms with Crippen LogP contribution in [0.1, 0.15) is 0 Å². The average Bonchev–Trinajstić information content (AvgIpc) is 1.80. The molecule has 0 unspecified atom stereocenters. The lowest BCUT2D eigenvalue weighted by molar-refractivity contribution is 0.740. The Balaban J connectivity index is 3.00. The summed E-state index contributed by atoms with van der Waals surface area (Å²) >= 11 is 5.60. The molecule has 0 aromatic carbocycles. The summed E-state index contributed by atoms with van der Waals surface area (Å²) in [6, 6.07) is 0. The highest BCUT2D eigenvalue weighted by atomic mass is 35.5. The molecule has 0 aliphatic heterocycles. The Labute approximate surface area is 64.1 Å². The predicted molar refractivity (Wildman–Crippen MR) is 45.8 cm³/mol. The van der Waals surface area contributed by atoms with E-state index in [2.05, 4.69) is 10.6 Å². The molecule has 2 N–H and O–H groups in total. The zero-order valence-electron chi connectivity index (χ0n) is 5.87. The highest BCUT2D eigenvalue weighted by molar-refractivity contribution is 6.52. The molecule has 2 nitrogen and oxygen atoms in total. The van der Waals surface area contributed by atoms with Gasteiger partial charge >= 0.3 is 0 Å². The van der Waals surface area contributed by atoms with E-state index in [-0.39, 0.29) is 0 Å². The fourth-order valence-electron chi connectivity index (χ4n) is 0.410. The van der Waals surface area contributed by atoms with E-state index >= 15 is 0 Å². The lowest BCUT2D eigenvalue weighted by atomic mass is 10.6. The van der Waals surface area contributed by atoms with E-state index in [0.717, 1.165) is 28.0 Å². The SMILES string of the molecule is CNCCNC=C([SiH3])Cl. The molecule has 0 bridgehead atoms. The molecular formula is C5H13ClN2Si. The molecule has 9 heavy (non-hydrogen) atoms. The summed E-state index contributed by atoms with van der Waals surface area (Å²) in [5.74, 6) is 0. The van der Waals surface area contributed by atoms with Crippen molar-refractivity contribution in [2.75, 3.05) is 20.1 Å². The Morgan fingerprint density at radius 1 is 1.67 bits per heavy atom. The molecule has 54 valence electrons. The van der Waals surface area contributed by atoms with Crippen LogP contribution in [0.15, 0.2) is 10.9 Å². The van der Waals surface area contributed by atoms with Gasteiger partial charge in [-0.3, -0.25) is 0 Å². The molecular weight excluding hydrogens is 152 g/mol. The van der Waals surface area contributed by atoms with Crippen molar-refractivity contribution < 1.29 is 0 Å². The van der Waals surface area contributed by atoms with Gasteiger partial charge in [-0.1, -0.05) is 11.6 Å². The normalized spacial score (nSPS) is 12.0. The third-order valence-corrected chi connectivity index (χ3v) is 1.22. The van der Waals surface area contributed by atoms with Crippen molar-refractivity contribution in [3.05, 3.63) is 10.9 Å². The maximum Gasteiger partial charge on any atom is 0.0551 e. The second-order valence-electron chi connectivity index (χ2n) is 1.79. The molecule has 0 atom stereocenters. The summed E-state index contributed by atoms with van der Waals surface area (Å²) < 4.78 is 0.922. The van der Waals surface area contributed by atoms with E-state index in [4.69, 9.17) is 11.6 Å². The fraction of sp³-hybridized carbons (Fsp3) is 0.600. The van der Waals surface area contributed by atoms with Crippen molar-refractivity contribution >= 4 is 21.8 Å². The number of nitrogens with one attached hydrogen (secondary N) is 2. The van der Waals surface area contributed by atoms with Gasteiger partial charge in [0.05, 0.1) is 10.2 Å². The monoisotopic (exact) mass is 164 g/mol. The summed E-state index contributed by atoms with van der Waals surface area (Å²) in [5, 5.41) is 6.08. The van der Waals surface area contributed by atoms with Gasteiger partial charge in [0.15, 0.2) is 0 Å². The van der Waals surface area contributed by atoms with Crippen molar-refractivity contribution in [3.63, 3.8) is 0 Å². The van der Waals surface area contributed by atoms with Crippen LogP contribution >= 0.6 is 11.6 Å². The molecule has 0 saturated heterocycles. The molecule has 0 aromatic heterocycles. The molecule has 0 saturated carbocycles. The van der Waals surface area contributed by atoms with Crippen LogP contribution in [-0.4, -0.2) is 30.4 Å². The van der Waals surface area contributed by atoms with Gasteiger partial charge in [0, 0.05) is 23.9 Å². The second-order valence-corrected chi connectivity index (χ2v) is 4.10. The number of hydrogen-bond donors (Lipinski definition) is 2. The van der Waals surface area contributed by atoms with Crippen LogP contribution in [0.5, 0.6) is 0 Å². The summed E-state index contributed by atoms with van der Waals surface area (Å²) in [6.07, 6.45) is 1.85. The van der Waals surface area contributed by atoms with Crippen LogP contribution in [0.25, 0.3) is 0 Å². The highest BCUT2D eigenvalue weighted by Gasteiger charge is 1.78. The average molecular weight is 165 g/mol. The van der Waals surface area contributed by atoms with Crippen LogP contribution < -0.4 is 10.6 Å². The molecule has 0 amide bonds. The van der Waals surface area contributed by atoms with Gasteiger partial charge in [-0.2, -0.15) is 0 Å². The first kappa shape index (κ1) is 9.01. The van der Waals surface area contributed by atoms with Crippen LogP contribution in [0.4, 0.5) is 0 Å². The zero-order chi connectivity index (χ0) is 7.11. The predicted octanol–water partition coefficient (Wildman–Crippen LogP) is -0.801. The minimum Gasteiger partial charge on any atom is -0.389 e. The Hall–Kier alpha value is 0.00688. The first-order valence-corrected chi connectivity index (χ1v) is 4.35. The molecule has 0 rings (SSSR count). The molecule has 0 aliphatic rings. The Kier molecular flexibility index (Phi) is 6.14. The molecule has 4 heteroatoms. The summed E-state index contributed by atoms with van der Waals surface area (Å²) in [5.41, 5.74) is 0. The topological polar surface area (TPSA) is 24.1 Å². The van der Waals surface area contributed by atoms with Gasteiger partial charge in [0.1, 0.15) is 0 Å². The van der Waals surface area contributed by atoms with Crippen molar-refractivity contribution in [2.24, 2.45) is 0 Å². The Bertz CT molecular complexity index is 91.0. The molecule has 0 spiro atoms. The standard InChI is InChI=1S/C5H13ClN2Si/c1-7-2-3-8-4-5(6)9/h4,7-8H,2-3H2,1,9H3. The maximum atomic E-state index is 5.60. The third-order valence-electron chi connectivity index (χ3n) is 0.820. The van der Waals surface area contributed by atoms with Gasteiger partial charge in [-0.15, -0.1) is 0 Å². The van der Waals surface area contributed by atoms with E-state index in [9.17, 15) is 0 Å². The Morgan fingerprint density at radius 3 is 2.78 bits per heavy atom. The minimum absolute atomic E-state index is 0.922. The first-order chi connectivity index (χ1) is 4.27. The molecule has 0 radical (unpaired) electrons. The Morgan fingerprint density at radius 2 is 2.33 bits per heavy atom. The maximum absolute atomic E-state index is 5.60. The van der Waals surface area contributed by atoms with E-state index in [1.54, 1.807) is 0 Å². The number of hydrogen-bond acceptors (Lipinski definition) is 2. The van der Waals surface area contributed by atoms with Crippen LogP contribution in [-0.2, 0) is 0 Å². The summed E-state index contributed by atoms with van der Waals surface area (Å²) in [6.45, 7) is 1.91. The van der Waals surface area contributed by atoms with Gasteiger partial charge in [-0.25, -0.2) is 0 Å². The van der Waals surface area contributed by atoms with Crippen molar-refractivity contribution in [2.45, 2.75) is 0 Å². The molecule has 0 aromatic rings. The third kappa shape index (κ3) is 8.01. The van der Waals surface area contributed by atoms with Gasteiger partial charge in [0.2, 0.25) is 0 Å². The quantitative estimate of drug-likeness (QED) is 0.420. The molecule has 0 heterocycles. The van der Waals surface area contributed by atoms with E-state index in [1.165, 1.54) is 0 Å². The minimum atomic E-state index is 0.922. The first-order valence-electron chi connectivity index (χ1n) is 2.97. The molecule has 0 fully saturated rings. The van der Waals surface area contributed by atoms with Gasteiger partial charge in [0.25, 0.3) is 0 Å². The molecule has 0 aliphatic carbocycles. The van der Waals surface area contributed by atoms with Crippen LogP contribution in [0.3, 0.4) is 0 Å². The van der Waals surface area contributed by atoms with Crippen molar-refractivity contribution in [1.29, 1.82) is 0 Å². The van der Waals surface area contributed by atoms with E-state index in [0.29, 0.717) is 0 Å². The number of rotatable bonds is 4. The zero-order valence-corrected chi connectivity index (χ0v) is 8.63. The number of likely N-dealkylation sites (N-methyl/N-ethyl adjacent to an activating group) is 1. The van der Waals surface area contributed by atoms with Crippen LogP contribution in [0, 0.1) is 0 Å². The van der Waals surface area contributed by atoms with Gasteiger partial charge < -0.3 is 10.6 Å². The van der Waals surface area contributed by atoms with Crippen LogP contribution in [0.2, 0.25) is 0 Å². The fourth-order valence-corrected chi connectivity index (χ4v) is 0.691. The van der Waals surface area contributed by atoms with E-state index < -0.39 is 0 Å². The summed E-state index contributed by atoms with van der Waals surface area (Å²) in [4.78, 5) is 0. The van der Waals surface area contributed by atoms with E-state index in [1.807, 2.05) is 13.2 Å². The lowest BCUT2D eigenvalue weighted by Crippen LogP contribution is -2.20. The smallest absolute Gasteiger partial charge is 0.0551 e. The highest BCUT2D eigenvalue weighted by Crippen LogP contribution is 1.87. The number of halogens is 1. The lowest BCUT2D eigenvalue weighted by Gasteiger charge is -1.98. The largest absolute Gasteiger partial charge is 0.389 e.